The van der Waals surface area contributed by atoms with Crippen molar-refractivity contribution >= 4 is 5.69 Å². The number of hydrogen-bond acceptors (Lipinski definition) is 1. The van der Waals surface area contributed by atoms with E-state index in [0.29, 0.717) is 6.04 Å². The van der Waals surface area contributed by atoms with Gasteiger partial charge in [-0.25, -0.2) is 0 Å². The van der Waals surface area contributed by atoms with Gasteiger partial charge in [-0.2, -0.15) is 0 Å². The third kappa shape index (κ3) is 3.00. The zero-order valence-electron chi connectivity index (χ0n) is 11.7. The molecule has 0 radical (unpaired) electrons. The molecule has 1 unspecified atom stereocenters. The Morgan fingerprint density at radius 3 is 2.10 bits per heavy atom. The molecule has 20 heavy (non-hydrogen) atoms. The fourth-order valence-corrected chi connectivity index (χ4v) is 2.41. The zero-order valence-corrected chi connectivity index (χ0v) is 11.7. The highest BCUT2D eigenvalue weighted by molar-refractivity contribution is 5.66. The molecule has 0 bridgehead atoms. The summed E-state index contributed by atoms with van der Waals surface area (Å²) in [4.78, 5) is 0. The Hall–Kier alpha value is -2.28. The number of aryl methyl sites for hydroxylation is 1. The molecule has 1 aliphatic carbocycles. The van der Waals surface area contributed by atoms with Gasteiger partial charge in [0.05, 0.1) is 0 Å². The van der Waals surface area contributed by atoms with Crippen molar-refractivity contribution in [3.63, 3.8) is 0 Å². The minimum Gasteiger partial charge on any atom is -0.379 e. The number of nitrogens with one attached hydrogen (secondary N) is 1. The number of rotatable bonds is 3. The van der Waals surface area contributed by atoms with E-state index < -0.39 is 0 Å². The molecule has 1 aliphatic rings. The average Bonchev–Trinajstić information content (AvgIpc) is 2.50. The Kier molecular flexibility index (Phi) is 3.69. The Balaban J connectivity index is 1.72. The van der Waals surface area contributed by atoms with E-state index in [0.717, 1.165) is 6.42 Å². The molecule has 0 saturated carbocycles. The minimum absolute atomic E-state index is 0.408. The van der Waals surface area contributed by atoms with Gasteiger partial charge in [-0.15, -0.1) is 0 Å². The number of allylic oxidation sites excluding steroid dienone is 2. The summed E-state index contributed by atoms with van der Waals surface area (Å²) in [7, 11) is 0. The second kappa shape index (κ2) is 5.79. The lowest BCUT2D eigenvalue weighted by Crippen LogP contribution is -2.16. The van der Waals surface area contributed by atoms with Crippen LogP contribution in [0.15, 0.2) is 72.8 Å². The summed E-state index contributed by atoms with van der Waals surface area (Å²) in [6, 6.07) is 17.7. The normalized spacial score (nSPS) is 17.1. The van der Waals surface area contributed by atoms with Crippen molar-refractivity contribution in [2.24, 2.45) is 0 Å². The lowest BCUT2D eigenvalue weighted by Gasteiger charge is -2.16. The van der Waals surface area contributed by atoms with Crippen molar-refractivity contribution in [2.45, 2.75) is 19.4 Å². The molecular weight excluding hydrogens is 242 g/mol. The van der Waals surface area contributed by atoms with Crippen LogP contribution in [0.4, 0.5) is 5.69 Å². The lowest BCUT2D eigenvalue weighted by molar-refractivity contribution is 0.883. The fourth-order valence-electron chi connectivity index (χ4n) is 2.41. The Labute approximate surface area is 120 Å². The third-order valence-corrected chi connectivity index (χ3v) is 3.60. The van der Waals surface area contributed by atoms with Gasteiger partial charge in [-0.1, -0.05) is 66.3 Å². The van der Waals surface area contributed by atoms with E-state index in [2.05, 4.69) is 85.1 Å². The van der Waals surface area contributed by atoms with Gasteiger partial charge in [0, 0.05) is 11.7 Å². The monoisotopic (exact) mass is 261 g/mol. The van der Waals surface area contributed by atoms with E-state index in [4.69, 9.17) is 0 Å². The molecule has 1 N–H and O–H groups in total. The molecule has 1 heteroatoms. The van der Waals surface area contributed by atoms with Crippen LogP contribution < -0.4 is 5.32 Å². The highest BCUT2D eigenvalue weighted by Gasteiger charge is 2.05. The lowest BCUT2D eigenvalue weighted by atomic mass is 10.0. The van der Waals surface area contributed by atoms with Crippen molar-refractivity contribution in [2.75, 3.05) is 5.32 Å². The number of anilines is 1. The van der Waals surface area contributed by atoms with Crippen LogP contribution in [0.2, 0.25) is 0 Å². The van der Waals surface area contributed by atoms with E-state index >= 15 is 0 Å². The SMILES string of the molecule is Cc1ccc(-c2ccc(NC3C=CC=CC3)cc2)cc1. The van der Waals surface area contributed by atoms with Gasteiger partial charge in [-0.05, 0) is 36.6 Å². The molecule has 3 rings (SSSR count). The van der Waals surface area contributed by atoms with Gasteiger partial charge in [-0.3, -0.25) is 0 Å². The molecule has 2 aromatic rings. The maximum atomic E-state index is 3.53. The van der Waals surface area contributed by atoms with Gasteiger partial charge in [0.1, 0.15) is 0 Å². The smallest absolute Gasteiger partial charge is 0.0482 e. The van der Waals surface area contributed by atoms with Crippen LogP contribution in [-0.4, -0.2) is 6.04 Å². The van der Waals surface area contributed by atoms with Gasteiger partial charge in [0.25, 0.3) is 0 Å². The van der Waals surface area contributed by atoms with E-state index in [9.17, 15) is 0 Å². The Bertz CT molecular complexity index is 618. The van der Waals surface area contributed by atoms with Crippen molar-refractivity contribution in [3.8, 4) is 11.1 Å². The van der Waals surface area contributed by atoms with Crippen LogP contribution in [0.5, 0.6) is 0 Å². The quantitative estimate of drug-likeness (QED) is 0.823. The van der Waals surface area contributed by atoms with Crippen molar-refractivity contribution in [1.82, 2.24) is 0 Å². The molecular formula is C19H19N. The predicted octanol–water partition coefficient (Wildman–Crippen LogP) is 4.96. The van der Waals surface area contributed by atoms with E-state index in [1.807, 2.05) is 0 Å². The summed E-state index contributed by atoms with van der Waals surface area (Å²) in [6.07, 6.45) is 9.64. The first-order valence-corrected chi connectivity index (χ1v) is 7.08. The Morgan fingerprint density at radius 2 is 1.50 bits per heavy atom. The molecule has 0 heterocycles. The van der Waals surface area contributed by atoms with Crippen LogP contribution in [-0.2, 0) is 0 Å². The molecule has 0 spiro atoms. The van der Waals surface area contributed by atoms with E-state index in [1.165, 1.54) is 22.4 Å². The van der Waals surface area contributed by atoms with Crippen LogP contribution in [0.25, 0.3) is 11.1 Å². The van der Waals surface area contributed by atoms with Gasteiger partial charge >= 0.3 is 0 Å². The zero-order chi connectivity index (χ0) is 13.8. The highest BCUT2D eigenvalue weighted by atomic mass is 14.9. The molecule has 100 valence electrons. The van der Waals surface area contributed by atoms with Gasteiger partial charge < -0.3 is 5.32 Å². The summed E-state index contributed by atoms with van der Waals surface area (Å²) in [5.41, 5.74) is 4.99. The fraction of sp³-hybridized carbons (Fsp3) is 0.158. The van der Waals surface area contributed by atoms with Crippen LogP contribution >= 0.6 is 0 Å². The van der Waals surface area contributed by atoms with Crippen molar-refractivity contribution < 1.29 is 0 Å². The summed E-state index contributed by atoms with van der Waals surface area (Å²) >= 11 is 0. The molecule has 0 amide bonds. The predicted molar refractivity (Wildman–Crippen MR) is 86.9 cm³/mol. The van der Waals surface area contributed by atoms with Crippen LogP contribution in [0.1, 0.15) is 12.0 Å². The first-order chi connectivity index (χ1) is 9.81. The molecule has 0 fully saturated rings. The number of benzene rings is 2. The van der Waals surface area contributed by atoms with Crippen molar-refractivity contribution in [3.05, 3.63) is 78.4 Å². The minimum atomic E-state index is 0.408. The molecule has 0 aliphatic heterocycles. The molecule has 0 saturated heterocycles. The Morgan fingerprint density at radius 1 is 0.850 bits per heavy atom. The van der Waals surface area contributed by atoms with E-state index in [1.54, 1.807) is 0 Å². The number of hydrogen-bond donors (Lipinski definition) is 1. The molecule has 0 aromatic heterocycles. The summed E-state index contributed by atoms with van der Waals surface area (Å²) in [5.74, 6) is 0. The second-order valence-corrected chi connectivity index (χ2v) is 5.24. The average molecular weight is 261 g/mol. The maximum absolute atomic E-state index is 3.53. The molecule has 1 atom stereocenters. The summed E-state index contributed by atoms with van der Waals surface area (Å²) in [5, 5.41) is 3.53. The summed E-state index contributed by atoms with van der Waals surface area (Å²) in [6.45, 7) is 2.11. The van der Waals surface area contributed by atoms with Crippen LogP contribution in [0.3, 0.4) is 0 Å². The largest absolute Gasteiger partial charge is 0.379 e. The first kappa shape index (κ1) is 12.7. The summed E-state index contributed by atoms with van der Waals surface area (Å²) < 4.78 is 0. The topological polar surface area (TPSA) is 12.0 Å². The molecule has 2 aromatic carbocycles. The molecule has 1 nitrogen and oxygen atoms in total. The highest BCUT2D eigenvalue weighted by Crippen LogP contribution is 2.22. The first-order valence-electron chi connectivity index (χ1n) is 7.08. The van der Waals surface area contributed by atoms with Crippen molar-refractivity contribution in [1.29, 1.82) is 0 Å². The second-order valence-electron chi connectivity index (χ2n) is 5.24. The van der Waals surface area contributed by atoms with E-state index in [-0.39, 0.29) is 0 Å². The van der Waals surface area contributed by atoms with Gasteiger partial charge in [0.2, 0.25) is 0 Å². The third-order valence-electron chi connectivity index (χ3n) is 3.60. The van der Waals surface area contributed by atoms with Gasteiger partial charge in [0.15, 0.2) is 0 Å². The standard InChI is InChI=1S/C19H19N/c1-15-7-9-16(10-8-15)17-11-13-19(14-12-17)20-18-5-3-2-4-6-18/h2-5,7-14,18,20H,6H2,1H3. The maximum Gasteiger partial charge on any atom is 0.0482 e. The van der Waals surface area contributed by atoms with Crippen LogP contribution in [0, 0.1) is 6.92 Å².